The normalized spacial score (nSPS) is 22.5. The van der Waals surface area contributed by atoms with Crippen LogP contribution in [-0.2, 0) is 6.18 Å². The first-order valence-electron chi connectivity index (χ1n) is 11.1. The number of carbonyl (C=O) groups excluding carboxylic acids is 1. The summed E-state index contributed by atoms with van der Waals surface area (Å²) in [5, 5.41) is 0. The third-order valence-electron chi connectivity index (χ3n) is 5.98. The summed E-state index contributed by atoms with van der Waals surface area (Å²) in [6.07, 6.45) is -0.632. The van der Waals surface area contributed by atoms with E-state index >= 15 is 0 Å². The number of imidazole rings is 1. The number of hydrogen-bond donors (Lipinski definition) is 1. The van der Waals surface area contributed by atoms with E-state index in [0.717, 1.165) is 17.0 Å². The number of anilines is 1. The summed E-state index contributed by atoms with van der Waals surface area (Å²) in [5.41, 5.74) is 6.80. The molecule has 1 saturated heterocycles. The van der Waals surface area contributed by atoms with Crippen LogP contribution in [0.3, 0.4) is 0 Å². The number of hydrogen-bond acceptors (Lipinski definition) is 6. The number of benzene rings is 1. The Bertz CT molecular complexity index is 1520. The molecule has 0 radical (unpaired) electrons. The number of rotatable bonds is 1. The van der Waals surface area contributed by atoms with Crippen molar-refractivity contribution in [2.45, 2.75) is 31.2 Å². The molecule has 0 saturated carbocycles. The molecule has 0 aliphatic carbocycles. The first kappa shape index (κ1) is 17.6. The fourth-order valence-corrected chi connectivity index (χ4v) is 4.45. The number of alkyl halides is 3. The molecular formula is C22H17F3N6O2. The van der Waals surface area contributed by atoms with E-state index in [9.17, 15) is 18.0 Å². The Morgan fingerprint density at radius 1 is 1.24 bits per heavy atom. The van der Waals surface area contributed by atoms with Gasteiger partial charge in [0.05, 0.1) is 35.8 Å². The number of pyridine rings is 1. The van der Waals surface area contributed by atoms with E-state index < -0.39 is 36.3 Å². The van der Waals surface area contributed by atoms with Crippen LogP contribution < -0.4 is 10.5 Å². The molecule has 2 atom stereocenters. The first-order chi connectivity index (χ1) is 16.5. The Balaban J connectivity index is 1.45. The third kappa shape index (κ3) is 2.99. The molecule has 2 aliphatic heterocycles. The summed E-state index contributed by atoms with van der Waals surface area (Å²) >= 11 is 0. The van der Waals surface area contributed by atoms with Crippen LogP contribution in [0.15, 0.2) is 43.0 Å². The predicted molar refractivity (Wildman–Crippen MR) is 112 cm³/mol. The lowest BCUT2D eigenvalue weighted by atomic mass is 9.93. The van der Waals surface area contributed by atoms with Gasteiger partial charge in [0.1, 0.15) is 34.4 Å². The van der Waals surface area contributed by atoms with E-state index in [1.165, 1.54) is 30.9 Å². The number of halogens is 3. The number of ether oxygens (including phenoxy) is 1. The molecule has 3 aromatic heterocycles. The SMILES string of the molecule is [2H]C1([2H])CC[C@@H]2Oc3cc(C(F)(F)F)ccc3[C@@H]2N1C(=O)c1cc2c(cn1)nc(N)c1cncn12. The van der Waals surface area contributed by atoms with Gasteiger partial charge in [-0.3, -0.25) is 9.20 Å². The minimum atomic E-state index is -4.55. The summed E-state index contributed by atoms with van der Waals surface area (Å²) < 4.78 is 64.2. The van der Waals surface area contributed by atoms with Crippen LogP contribution in [0.4, 0.5) is 19.0 Å². The molecule has 33 heavy (non-hydrogen) atoms. The second-order valence-corrected chi connectivity index (χ2v) is 7.93. The predicted octanol–water partition coefficient (Wildman–Crippen LogP) is 3.62. The average molecular weight is 456 g/mol. The number of likely N-dealkylation sites (tertiary alicyclic amines) is 1. The summed E-state index contributed by atoms with van der Waals surface area (Å²) in [4.78, 5) is 27.3. The highest BCUT2D eigenvalue weighted by atomic mass is 19.4. The zero-order chi connectivity index (χ0) is 24.7. The fourth-order valence-electron chi connectivity index (χ4n) is 4.45. The molecule has 5 heterocycles. The van der Waals surface area contributed by atoms with E-state index in [-0.39, 0.29) is 30.1 Å². The van der Waals surface area contributed by atoms with Crippen molar-refractivity contribution in [2.75, 3.05) is 12.2 Å². The van der Waals surface area contributed by atoms with Crippen molar-refractivity contribution in [3.05, 3.63) is 59.8 Å². The molecule has 168 valence electrons. The van der Waals surface area contributed by atoms with Gasteiger partial charge in [-0.2, -0.15) is 13.2 Å². The number of nitrogens with zero attached hydrogens (tertiary/aromatic N) is 5. The van der Waals surface area contributed by atoms with E-state index in [1.54, 1.807) is 4.40 Å². The maximum Gasteiger partial charge on any atom is 0.416 e. The van der Waals surface area contributed by atoms with Crippen molar-refractivity contribution >= 4 is 28.3 Å². The molecule has 2 N–H and O–H groups in total. The Morgan fingerprint density at radius 2 is 2.09 bits per heavy atom. The first-order valence-corrected chi connectivity index (χ1v) is 10.1. The van der Waals surface area contributed by atoms with Crippen molar-refractivity contribution < 1.29 is 25.4 Å². The summed E-state index contributed by atoms with van der Waals surface area (Å²) in [5.74, 6) is -0.478. The highest BCUT2D eigenvalue weighted by Gasteiger charge is 2.44. The van der Waals surface area contributed by atoms with Gasteiger partial charge < -0.3 is 15.4 Å². The highest BCUT2D eigenvalue weighted by molar-refractivity contribution is 5.96. The zero-order valence-corrected chi connectivity index (χ0v) is 16.9. The molecule has 0 unspecified atom stereocenters. The maximum atomic E-state index is 13.7. The van der Waals surface area contributed by atoms with Crippen LogP contribution in [0.5, 0.6) is 5.75 Å². The lowest BCUT2D eigenvalue weighted by Gasteiger charge is -2.36. The standard InChI is InChI=1S/C22H17F3N6O2/c23-22(24,25)11-3-4-12-18(6-11)33-17-2-1-5-30(19(12)17)21(32)13-7-15-14(8-28-13)29-20(26)16-9-27-10-31(15)16/h3-4,6-10,17,19H,1-2,5H2,(H2,26,29)/t17-,19-/m0/s1/i5D2. The van der Waals surface area contributed by atoms with E-state index in [2.05, 4.69) is 15.0 Å². The number of amides is 1. The van der Waals surface area contributed by atoms with Crippen LogP contribution in [0.25, 0.3) is 16.6 Å². The largest absolute Gasteiger partial charge is 0.488 e. The maximum absolute atomic E-state index is 13.7. The summed E-state index contributed by atoms with van der Waals surface area (Å²) in [6, 6.07) is 3.63. The summed E-state index contributed by atoms with van der Waals surface area (Å²) in [6.45, 7) is -2.08. The Kier molecular flexibility index (Phi) is 3.64. The molecule has 2 aliphatic rings. The highest BCUT2D eigenvalue weighted by Crippen LogP contribution is 2.46. The minimum Gasteiger partial charge on any atom is -0.488 e. The van der Waals surface area contributed by atoms with Crippen LogP contribution in [0.2, 0.25) is 0 Å². The lowest BCUT2D eigenvalue weighted by molar-refractivity contribution is -0.137. The van der Waals surface area contributed by atoms with Gasteiger partial charge in [0.2, 0.25) is 0 Å². The van der Waals surface area contributed by atoms with E-state index in [1.807, 2.05) is 0 Å². The van der Waals surface area contributed by atoms with E-state index in [4.69, 9.17) is 13.2 Å². The molecule has 6 rings (SSSR count). The number of aromatic nitrogens is 4. The molecule has 1 aromatic carbocycles. The molecule has 11 heteroatoms. The second kappa shape index (κ2) is 6.80. The average Bonchev–Trinajstić information content (AvgIpc) is 3.43. The monoisotopic (exact) mass is 456 g/mol. The van der Waals surface area contributed by atoms with Gasteiger partial charge in [-0.1, -0.05) is 6.07 Å². The number of piperidine rings is 1. The third-order valence-corrected chi connectivity index (χ3v) is 5.98. The van der Waals surface area contributed by atoms with Crippen LogP contribution in [0.1, 0.15) is 43.2 Å². The summed E-state index contributed by atoms with van der Waals surface area (Å²) in [7, 11) is 0. The van der Waals surface area contributed by atoms with Crippen molar-refractivity contribution in [3.63, 3.8) is 0 Å². The van der Waals surface area contributed by atoms with Gasteiger partial charge in [0, 0.05) is 14.8 Å². The van der Waals surface area contributed by atoms with Gasteiger partial charge in [-0.05, 0) is 31.0 Å². The van der Waals surface area contributed by atoms with Crippen molar-refractivity contribution in [1.29, 1.82) is 0 Å². The number of nitrogens with two attached hydrogens (primary N) is 1. The van der Waals surface area contributed by atoms with Crippen molar-refractivity contribution in [1.82, 2.24) is 24.3 Å². The Labute approximate surface area is 187 Å². The smallest absolute Gasteiger partial charge is 0.416 e. The van der Waals surface area contributed by atoms with E-state index in [0.29, 0.717) is 22.1 Å². The van der Waals surface area contributed by atoms with Gasteiger partial charge >= 0.3 is 6.18 Å². The van der Waals surface area contributed by atoms with Gasteiger partial charge in [0.15, 0.2) is 0 Å². The lowest BCUT2D eigenvalue weighted by Crippen LogP contribution is -2.44. The molecule has 1 amide bonds. The van der Waals surface area contributed by atoms with Crippen molar-refractivity contribution in [3.8, 4) is 5.75 Å². The Hall–Kier alpha value is -3.89. The molecule has 8 nitrogen and oxygen atoms in total. The topological polar surface area (TPSA) is 98.6 Å². The number of carbonyl (C=O) groups is 1. The van der Waals surface area contributed by atoms with Crippen LogP contribution in [0, 0.1) is 0 Å². The second-order valence-electron chi connectivity index (χ2n) is 7.93. The molecular weight excluding hydrogens is 437 g/mol. The number of fused-ring (bicyclic) bond motifs is 6. The fraction of sp³-hybridized carbons (Fsp3) is 0.273. The van der Waals surface area contributed by atoms with Gasteiger partial charge in [-0.15, -0.1) is 0 Å². The van der Waals surface area contributed by atoms with Crippen molar-refractivity contribution in [2.24, 2.45) is 0 Å². The zero-order valence-electron chi connectivity index (χ0n) is 18.9. The quantitative estimate of drug-likeness (QED) is 0.470. The van der Waals surface area contributed by atoms with Crippen LogP contribution in [-0.4, -0.2) is 42.8 Å². The minimum absolute atomic E-state index is 0.00315. The molecule has 0 spiro atoms. The van der Waals surface area contributed by atoms with Gasteiger partial charge in [-0.25, -0.2) is 15.0 Å². The van der Waals surface area contributed by atoms with Crippen LogP contribution >= 0.6 is 0 Å². The number of nitrogen functional groups attached to an aromatic ring is 1. The molecule has 1 fully saturated rings. The Morgan fingerprint density at radius 3 is 2.91 bits per heavy atom. The molecule has 4 aromatic rings. The molecule has 0 bridgehead atoms. The van der Waals surface area contributed by atoms with Gasteiger partial charge in [0.25, 0.3) is 5.91 Å².